The van der Waals surface area contributed by atoms with E-state index in [1.807, 2.05) is 17.7 Å². The smallest absolute Gasteiger partial charge is 0.158 e. The van der Waals surface area contributed by atoms with E-state index < -0.39 is 0 Å². The van der Waals surface area contributed by atoms with Crippen LogP contribution >= 0.6 is 0 Å². The highest BCUT2D eigenvalue weighted by Crippen LogP contribution is 2.16. The molecule has 0 aliphatic carbocycles. The Bertz CT molecular complexity index is 454. The molecule has 0 aliphatic heterocycles. The zero-order valence-corrected chi connectivity index (χ0v) is 8.81. The maximum Gasteiger partial charge on any atom is 0.158 e. The summed E-state index contributed by atoms with van der Waals surface area (Å²) in [5.74, 6) is 1.97. The Kier molecular flexibility index (Phi) is 2.37. The number of nitrogens with zero attached hydrogens (tertiary/aromatic N) is 4. The molecule has 0 saturated heterocycles. The molecule has 5 nitrogen and oxygen atoms in total. The van der Waals surface area contributed by atoms with Crippen LogP contribution in [0.4, 0.5) is 5.82 Å². The predicted octanol–water partition coefficient (Wildman–Crippen LogP) is 1.25. The second-order valence-electron chi connectivity index (χ2n) is 3.26. The van der Waals surface area contributed by atoms with Crippen LogP contribution in [0, 0.1) is 6.92 Å². The number of nitrogens with two attached hydrogens (primary N) is 1. The number of aryl methyl sites for hydroxylation is 2. The van der Waals surface area contributed by atoms with E-state index in [0.29, 0.717) is 11.6 Å². The first-order valence-corrected chi connectivity index (χ1v) is 4.83. The van der Waals surface area contributed by atoms with E-state index in [2.05, 4.69) is 21.9 Å². The average molecular weight is 203 g/mol. The maximum atomic E-state index is 5.67. The van der Waals surface area contributed by atoms with Crippen molar-refractivity contribution in [3.63, 3.8) is 0 Å². The molecular weight excluding hydrogens is 190 g/mol. The summed E-state index contributed by atoms with van der Waals surface area (Å²) in [4.78, 5) is 12.6. The fourth-order valence-corrected chi connectivity index (χ4v) is 1.50. The zero-order valence-electron chi connectivity index (χ0n) is 8.81. The Morgan fingerprint density at radius 1 is 1.40 bits per heavy atom. The van der Waals surface area contributed by atoms with Gasteiger partial charge in [0.15, 0.2) is 5.82 Å². The Morgan fingerprint density at radius 2 is 2.20 bits per heavy atom. The van der Waals surface area contributed by atoms with Crippen molar-refractivity contribution in [2.45, 2.75) is 20.4 Å². The van der Waals surface area contributed by atoms with E-state index in [1.165, 1.54) is 0 Å². The SMILES string of the molecule is CCn1ccnc1-c1cc(N)nc(C)n1. The molecule has 0 aromatic carbocycles. The van der Waals surface area contributed by atoms with Crippen molar-refractivity contribution in [2.24, 2.45) is 0 Å². The first-order valence-electron chi connectivity index (χ1n) is 4.83. The van der Waals surface area contributed by atoms with Gasteiger partial charge in [0.1, 0.15) is 17.3 Å². The molecule has 2 N–H and O–H groups in total. The summed E-state index contributed by atoms with van der Waals surface area (Å²) >= 11 is 0. The topological polar surface area (TPSA) is 69.6 Å². The minimum Gasteiger partial charge on any atom is -0.384 e. The molecule has 2 aromatic rings. The summed E-state index contributed by atoms with van der Waals surface area (Å²) in [6.07, 6.45) is 3.68. The van der Waals surface area contributed by atoms with Gasteiger partial charge in [-0.25, -0.2) is 15.0 Å². The van der Waals surface area contributed by atoms with Crippen LogP contribution in [-0.4, -0.2) is 19.5 Å². The minimum atomic E-state index is 0.475. The van der Waals surface area contributed by atoms with Gasteiger partial charge in [-0.05, 0) is 13.8 Å². The number of imidazole rings is 1. The molecule has 2 aromatic heterocycles. The number of hydrogen-bond donors (Lipinski definition) is 1. The van der Waals surface area contributed by atoms with Gasteiger partial charge in [-0.3, -0.25) is 0 Å². The first-order chi connectivity index (χ1) is 7.20. The molecule has 0 spiro atoms. The van der Waals surface area contributed by atoms with Crippen molar-refractivity contribution in [2.75, 3.05) is 5.73 Å². The van der Waals surface area contributed by atoms with E-state index in [1.54, 1.807) is 12.3 Å². The standard InChI is InChI=1S/C10H13N5/c1-3-15-5-4-12-10(15)8-6-9(11)14-7(2)13-8/h4-6H,3H2,1-2H3,(H2,11,13,14). The summed E-state index contributed by atoms with van der Waals surface area (Å²) in [6.45, 7) is 4.74. The Balaban J connectivity index is 2.53. The number of anilines is 1. The highest BCUT2D eigenvalue weighted by atomic mass is 15.1. The van der Waals surface area contributed by atoms with Crippen LogP contribution < -0.4 is 5.73 Å². The lowest BCUT2D eigenvalue weighted by atomic mass is 10.3. The fourth-order valence-electron chi connectivity index (χ4n) is 1.50. The van der Waals surface area contributed by atoms with Gasteiger partial charge >= 0.3 is 0 Å². The second-order valence-corrected chi connectivity index (χ2v) is 3.26. The van der Waals surface area contributed by atoms with Crippen molar-refractivity contribution in [3.8, 4) is 11.5 Å². The van der Waals surface area contributed by atoms with Gasteiger partial charge in [-0.2, -0.15) is 0 Å². The molecular formula is C10H13N5. The lowest BCUT2D eigenvalue weighted by Crippen LogP contribution is -2.02. The van der Waals surface area contributed by atoms with Crippen LogP contribution in [0.1, 0.15) is 12.7 Å². The summed E-state index contributed by atoms with van der Waals surface area (Å²) in [7, 11) is 0. The van der Waals surface area contributed by atoms with Gasteiger partial charge in [0.05, 0.1) is 0 Å². The van der Waals surface area contributed by atoms with E-state index in [4.69, 9.17) is 5.73 Å². The van der Waals surface area contributed by atoms with Gasteiger partial charge in [0.25, 0.3) is 0 Å². The molecule has 0 fully saturated rings. The molecule has 15 heavy (non-hydrogen) atoms. The highest BCUT2D eigenvalue weighted by Gasteiger charge is 2.07. The summed E-state index contributed by atoms with van der Waals surface area (Å²) in [6, 6.07) is 1.74. The third-order valence-corrected chi connectivity index (χ3v) is 2.14. The van der Waals surface area contributed by atoms with Gasteiger partial charge in [-0.1, -0.05) is 0 Å². The lowest BCUT2D eigenvalue weighted by molar-refractivity contribution is 0.767. The third kappa shape index (κ3) is 1.81. The number of rotatable bonds is 2. The molecule has 0 saturated carbocycles. The normalized spacial score (nSPS) is 10.5. The van der Waals surface area contributed by atoms with Crippen molar-refractivity contribution in [1.82, 2.24) is 19.5 Å². The first kappa shape index (κ1) is 9.64. The van der Waals surface area contributed by atoms with Crippen LogP contribution in [0.15, 0.2) is 18.5 Å². The third-order valence-electron chi connectivity index (χ3n) is 2.14. The second kappa shape index (κ2) is 3.68. The van der Waals surface area contributed by atoms with Gasteiger partial charge in [0, 0.05) is 25.0 Å². The number of aromatic nitrogens is 4. The van der Waals surface area contributed by atoms with E-state index >= 15 is 0 Å². The molecule has 0 bridgehead atoms. The predicted molar refractivity (Wildman–Crippen MR) is 58.1 cm³/mol. The monoisotopic (exact) mass is 203 g/mol. The van der Waals surface area contributed by atoms with E-state index in [-0.39, 0.29) is 0 Å². The minimum absolute atomic E-state index is 0.475. The van der Waals surface area contributed by atoms with Crippen LogP contribution in [0.25, 0.3) is 11.5 Å². The quantitative estimate of drug-likeness (QED) is 0.797. The molecule has 0 atom stereocenters. The summed E-state index contributed by atoms with van der Waals surface area (Å²) in [5, 5.41) is 0. The Morgan fingerprint density at radius 3 is 2.87 bits per heavy atom. The molecule has 0 radical (unpaired) electrons. The molecule has 2 rings (SSSR count). The van der Waals surface area contributed by atoms with Crippen molar-refractivity contribution in [3.05, 3.63) is 24.3 Å². The van der Waals surface area contributed by atoms with Crippen molar-refractivity contribution in [1.29, 1.82) is 0 Å². The van der Waals surface area contributed by atoms with Crippen molar-refractivity contribution >= 4 is 5.82 Å². The largest absolute Gasteiger partial charge is 0.384 e. The fraction of sp³-hybridized carbons (Fsp3) is 0.300. The molecule has 5 heteroatoms. The van der Waals surface area contributed by atoms with Crippen LogP contribution in [0.3, 0.4) is 0 Å². The van der Waals surface area contributed by atoms with Crippen LogP contribution in [0.2, 0.25) is 0 Å². The zero-order chi connectivity index (χ0) is 10.8. The van der Waals surface area contributed by atoms with Crippen LogP contribution in [-0.2, 0) is 6.54 Å². The average Bonchev–Trinajstić information content (AvgIpc) is 2.63. The maximum absolute atomic E-state index is 5.67. The summed E-state index contributed by atoms with van der Waals surface area (Å²) in [5.41, 5.74) is 6.44. The van der Waals surface area contributed by atoms with Crippen molar-refractivity contribution < 1.29 is 0 Å². The van der Waals surface area contributed by atoms with Gasteiger partial charge < -0.3 is 10.3 Å². The Labute approximate surface area is 88.0 Å². The Hall–Kier alpha value is -1.91. The molecule has 2 heterocycles. The van der Waals surface area contributed by atoms with E-state index in [9.17, 15) is 0 Å². The van der Waals surface area contributed by atoms with Gasteiger partial charge in [0.2, 0.25) is 0 Å². The summed E-state index contributed by atoms with van der Waals surface area (Å²) < 4.78 is 2.02. The lowest BCUT2D eigenvalue weighted by Gasteiger charge is -2.05. The molecule has 0 amide bonds. The number of nitrogen functional groups attached to an aromatic ring is 1. The highest BCUT2D eigenvalue weighted by molar-refractivity contribution is 5.54. The van der Waals surface area contributed by atoms with Crippen LogP contribution in [0.5, 0.6) is 0 Å². The molecule has 78 valence electrons. The number of hydrogen-bond acceptors (Lipinski definition) is 4. The van der Waals surface area contributed by atoms with E-state index in [0.717, 1.165) is 18.1 Å². The van der Waals surface area contributed by atoms with Gasteiger partial charge in [-0.15, -0.1) is 0 Å². The molecule has 0 aliphatic rings. The molecule has 0 unspecified atom stereocenters.